The van der Waals surface area contributed by atoms with E-state index in [2.05, 4.69) is 25.1 Å². The zero-order chi connectivity index (χ0) is 34.4. The summed E-state index contributed by atoms with van der Waals surface area (Å²) in [5.74, 6) is -1.27. The third kappa shape index (κ3) is 6.09. The third-order valence-corrected chi connectivity index (χ3v) is 10.1. The van der Waals surface area contributed by atoms with Crippen LogP contribution in [0.5, 0.6) is 5.75 Å². The van der Waals surface area contributed by atoms with E-state index in [0.717, 1.165) is 86.1 Å². The van der Waals surface area contributed by atoms with Crippen LogP contribution in [0.2, 0.25) is 0 Å². The van der Waals surface area contributed by atoms with Crippen LogP contribution in [0.4, 0.5) is 17.1 Å². The molecule has 3 aromatic rings. The van der Waals surface area contributed by atoms with Crippen LogP contribution in [0.25, 0.3) is 11.1 Å². The molecule has 0 bridgehead atoms. The van der Waals surface area contributed by atoms with Gasteiger partial charge in [0, 0.05) is 100 Å². The largest absolute Gasteiger partial charge is 0.490 e. The van der Waals surface area contributed by atoms with Crippen LogP contribution in [0, 0.1) is 16.0 Å². The summed E-state index contributed by atoms with van der Waals surface area (Å²) >= 11 is 0. The molecule has 49 heavy (non-hydrogen) atoms. The smallest absolute Gasteiger partial charge is 0.311 e. The molecule has 2 aromatic carbocycles. The van der Waals surface area contributed by atoms with Gasteiger partial charge in [-0.2, -0.15) is 5.10 Å². The van der Waals surface area contributed by atoms with E-state index in [1.54, 1.807) is 35.1 Å². The maximum atomic E-state index is 13.3. The third-order valence-electron chi connectivity index (χ3n) is 10.1. The average molecular weight is 671 g/mol. The van der Waals surface area contributed by atoms with Crippen LogP contribution in [-0.2, 0) is 16.6 Å². The summed E-state index contributed by atoms with van der Waals surface area (Å²) in [5, 5.41) is 18.3. The van der Waals surface area contributed by atoms with Gasteiger partial charge in [0.05, 0.1) is 29.4 Å². The summed E-state index contributed by atoms with van der Waals surface area (Å²) in [6.45, 7) is 5.86. The van der Waals surface area contributed by atoms with Gasteiger partial charge in [0.15, 0.2) is 5.75 Å². The molecule has 1 unspecified atom stereocenters. The van der Waals surface area contributed by atoms with Crippen molar-refractivity contribution in [2.24, 2.45) is 13.0 Å². The number of amides is 4. The summed E-state index contributed by atoms with van der Waals surface area (Å²) in [5.41, 5.74) is 3.82. The fourth-order valence-corrected chi connectivity index (χ4v) is 7.48. The van der Waals surface area contributed by atoms with E-state index >= 15 is 0 Å². The first-order valence-corrected chi connectivity index (χ1v) is 16.5. The molecular weight excluding hydrogens is 632 g/mol. The van der Waals surface area contributed by atoms with Crippen LogP contribution >= 0.6 is 0 Å². The van der Waals surface area contributed by atoms with Gasteiger partial charge in [-0.1, -0.05) is 0 Å². The van der Waals surface area contributed by atoms with Gasteiger partial charge in [-0.25, -0.2) is 0 Å². The number of hydrogen-bond donors (Lipinski definition) is 1. The fraction of sp³-hybridized carbons (Fsp3) is 0.441. The number of methoxy groups -OCH3 is 1. The number of aryl methyl sites for hydroxylation is 1. The molecule has 0 aliphatic carbocycles. The van der Waals surface area contributed by atoms with E-state index in [9.17, 15) is 29.3 Å². The van der Waals surface area contributed by atoms with Crippen LogP contribution < -0.4 is 19.9 Å². The summed E-state index contributed by atoms with van der Waals surface area (Å²) in [7, 11) is 3.26. The Morgan fingerprint density at radius 1 is 0.918 bits per heavy atom. The number of nitrogens with one attached hydrogen (secondary N) is 1. The summed E-state index contributed by atoms with van der Waals surface area (Å²) < 4.78 is 7.08. The molecule has 4 aliphatic rings. The molecule has 15 nitrogen and oxygen atoms in total. The first kappa shape index (κ1) is 32.2. The Morgan fingerprint density at radius 3 is 2.31 bits per heavy atom. The Kier molecular flexibility index (Phi) is 8.52. The number of nitrogens with zero attached hydrogens (tertiary/aromatic N) is 7. The molecule has 256 valence electrons. The highest BCUT2D eigenvalue weighted by Crippen LogP contribution is 2.41. The number of carbonyl (C=O) groups excluding carboxylic acids is 4. The van der Waals surface area contributed by atoms with Crippen molar-refractivity contribution in [3.63, 3.8) is 0 Å². The predicted octanol–water partition coefficient (Wildman–Crippen LogP) is 2.44. The van der Waals surface area contributed by atoms with Gasteiger partial charge in [-0.15, -0.1) is 0 Å². The Hall–Kier alpha value is -5.31. The molecule has 5 heterocycles. The fourth-order valence-electron chi connectivity index (χ4n) is 7.48. The zero-order valence-corrected chi connectivity index (χ0v) is 27.5. The van der Waals surface area contributed by atoms with E-state index < -0.39 is 34.6 Å². The highest BCUT2D eigenvalue weighted by molar-refractivity contribution is 6.23. The number of fused-ring (bicyclic) bond motifs is 1. The molecule has 3 fully saturated rings. The van der Waals surface area contributed by atoms with Crippen molar-refractivity contribution in [2.45, 2.75) is 31.7 Å². The summed E-state index contributed by atoms with van der Waals surface area (Å²) in [6.07, 6.45) is 5.75. The number of carbonyl (C=O) groups is 4. The van der Waals surface area contributed by atoms with Crippen molar-refractivity contribution in [3.8, 4) is 16.9 Å². The minimum absolute atomic E-state index is 0.0794. The molecule has 3 saturated heterocycles. The number of benzene rings is 2. The number of hydrogen-bond acceptors (Lipinski definition) is 11. The molecule has 4 aliphatic heterocycles. The standard InChI is InChI=1S/C34H38N8O7/c1-37-20-22(18-35-37)25-16-29(42(47)48)30(49-2)17-28(25)40-13-11-38(12-14-40)19-21-7-9-39(10-8-21)23-3-4-24-26(15-23)34(46)41(33(24)45)27-5-6-31(43)36-32(27)44/h3-4,15-18,20-21,27H,5-14,19H2,1-2H3,(H,36,43,44). The van der Waals surface area contributed by atoms with Gasteiger partial charge < -0.3 is 14.5 Å². The Balaban J connectivity index is 0.959. The second-order valence-corrected chi connectivity index (χ2v) is 13.1. The number of nitro benzene ring substituents is 1. The summed E-state index contributed by atoms with van der Waals surface area (Å²) in [6, 6.07) is 7.65. The van der Waals surface area contributed by atoms with Gasteiger partial charge in [-0.3, -0.25) is 49.1 Å². The average Bonchev–Trinajstić information content (AvgIpc) is 3.64. The summed E-state index contributed by atoms with van der Waals surface area (Å²) in [4.78, 5) is 69.7. The lowest BCUT2D eigenvalue weighted by Crippen LogP contribution is -2.54. The maximum absolute atomic E-state index is 13.3. The van der Waals surface area contributed by atoms with Crippen molar-refractivity contribution >= 4 is 40.7 Å². The molecule has 15 heteroatoms. The topological polar surface area (TPSA) is 163 Å². The van der Waals surface area contributed by atoms with Crippen LogP contribution in [0.3, 0.4) is 0 Å². The molecule has 1 atom stereocenters. The number of rotatable bonds is 8. The van der Waals surface area contributed by atoms with Crippen LogP contribution in [-0.4, -0.2) is 107 Å². The SMILES string of the molecule is COc1cc(N2CCN(CC3CCN(c4ccc5c(c4)C(=O)N(C4CCC(=O)NC4=O)C5=O)CC3)CC2)c(-c2cnn(C)c2)cc1[N+](=O)[O-]. The zero-order valence-electron chi connectivity index (χ0n) is 27.5. The Labute approximate surface area is 282 Å². The van der Waals surface area contributed by atoms with Crippen molar-refractivity contribution in [3.05, 3.63) is 64.0 Å². The Bertz CT molecular complexity index is 1840. The minimum Gasteiger partial charge on any atom is -0.490 e. The van der Waals surface area contributed by atoms with Gasteiger partial charge >= 0.3 is 5.69 Å². The number of aromatic nitrogens is 2. The normalized spacial score (nSPS) is 20.5. The van der Waals surface area contributed by atoms with E-state index in [1.807, 2.05) is 19.3 Å². The van der Waals surface area contributed by atoms with Gasteiger partial charge in [0.2, 0.25) is 11.8 Å². The second-order valence-electron chi connectivity index (χ2n) is 13.1. The number of imide groups is 2. The van der Waals surface area contributed by atoms with Crippen molar-refractivity contribution in [1.82, 2.24) is 24.9 Å². The molecule has 0 spiro atoms. The molecular formula is C34H38N8O7. The number of piperazine rings is 1. The first-order valence-electron chi connectivity index (χ1n) is 16.5. The quantitative estimate of drug-likeness (QED) is 0.213. The highest BCUT2D eigenvalue weighted by Gasteiger charge is 2.45. The maximum Gasteiger partial charge on any atom is 0.311 e. The lowest BCUT2D eigenvalue weighted by atomic mass is 9.95. The number of nitro groups is 1. The number of anilines is 2. The van der Waals surface area contributed by atoms with E-state index in [1.165, 1.54) is 7.11 Å². The second kappa shape index (κ2) is 13.0. The van der Waals surface area contributed by atoms with Gasteiger partial charge in [0.1, 0.15) is 6.04 Å². The molecule has 7 rings (SSSR count). The highest BCUT2D eigenvalue weighted by atomic mass is 16.6. The van der Waals surface area contributed by atoms with E-state index in [-0.39, 0.29) is 29.8 Å². The van der Waals surface area contributed by atoms with E-state index in [0.29, 0.717) is 11.5 Å². The van der Waals surface area contributed by atoms with Crippen molar-refractivity contribution in [1.29, 1.82) is 0 Å². The van der Waals surface area contributed by atoms with Gasteiger partial charge in [-0.05, 0) is 43.4 Å². The van der Waals surface area contributed by atoms with Crippen molar-refractivity contribution in [2.75, 3.05) is 62.7 Å². The lowest BCUT2D eigenvalue weighted by molar-refractivity contribution is -0.385. The van der Waals surface area contributed by atoms with Crippen molar-refractivity contribution < 1.29 is 28.8 Å². The molecule has 1 aromatic heterocycles. The molecule has 4 amide bonds. The van der Waals surface area contributed by atoms with E-state index in [4.69, 9.17) is 4.74 Å². The molecule has 0 radical (unpaired) electrons. The Morgan fingerprint density at radius 2 is 1.65 bits per heavy atom. The number of piperidine rings is 2. The molecule has 0 saturated carbocycles. The number of ether oxygens (including phenoxy) is 1. The minimum atomic E-state index is -0.980. The molecule has 1 N–H and O–H groups in total. The van der Waals surface area contributed by atoms with Gasteiger partial charge in [0.25, 0.3) is 11.8 Å². The predicted molar refractivity (Wildman–Crippen MR) is 179 cm³/mol. The first-order chi connectivity index (χ1) is 23.6. The van der Waals surface area contributed by atoms with Crippen LogP contribution in [0.1, 0.15) is 46.4 Å². The lowest BCUT2D eigenvalue weighted by Gasteiger charge is -2.40. The monoisotopic (exact) mass is 670 g/mol. The van der Waals surface area contributed by atoms with Crippen LogP contribution in [0.15, 0.2) is 42.7 Å².